The van der Waals surface area contributed by atoms with Gasteiger partial charge in [0.1, 0.15) is 33.6 Å². The fourth-order valence-corrected chi connectivity index (χ4v) is 7.00. The number of hydrogen-bond donors (Lipinski definition) is 3. The monoisotopic (exact) mass is 599 g/mol. The second kappa shape index (κ2) is 11.7. The third-order valence-corrected chi connectivity index (χ3v) is 9.02. The number of hydrogen-bond acceptors (Lipinski definition) is 9. The van der Waals surface area contributed by atoms with Crippen LogP contribution in [0.15, 0.2) is 96.0 Å². The van der Waals surface area contributed by atoms with Crippen molar-refractivity contribution in [2.45, 2.75) is 23.9 Å². The third-order valence-electron chi connectivity index (χ3n) is 6.93. The first-order valence-electron chi connectivity index (χ1n) is 13.1. The van der Waals surface area contributed by atoms with E-state index in [0.29, 0.717) is 16.5 Å². The Morgan fingerprint density at radius 2 is 1.62 bits per heavy atom. The highest BCUT2D eigenvalue weighted by Crippen LogP contribution is 2.40. The van der Waals surface area contributed by atoms with E-state index in [2.05, 4.69) is 10.3 Å². The Morgan fingerprint density at radius 3 is 2.26 bits per heavy atom. The minimum absolute atomic E-state index is 0.0907. The number of nitrogens with one attached hydrogen (secondary N) is 1. The highest BCUT2D eigenvalue weighted by molar-refractivity contribution is 8.00. The van der Waals surface area contributed by atoms with Crippen molar-refractivity contribution in [2.75, 3.05) is 5.75 Å². The van der Waals surface area contributed by atoms with Crippen molar-refractivity contribution >= 4 is 40.9 Å². The summed E-state index contributed by atoms with van der Waals surface area (Å²) in [5, 5.41) is 24.6. The Hall–Kier alpha value is -4.61. The molecule has 11 heteroatoms. The zero-order valence-electron chi connectivity index (χ0n) is 22.0. The van der Waals surface area contributed by atoms with Crippen LogP contribution in [0.2, 0.25) is 0 Å². The zero-order chi connectivity index (χ0) is 29.2. The fourth-order valence-electron chi connectivity index (χ4n) is 4.92. The van der Waals surface area contributed by atoms with Crippen LogP contribution in [0.5, 0.6) is 11.5 Å². The lowest BCUT2D eigenvalue weighted by molar-refractivity contribution is -0.154. The summed E-state index contributed by atoms with van der Waals surface area (Å²) in [4.78, 5) is 45.2. The van der Waals surface area contributed by atoms with E-state index in [1.165, 1.54) is 46.2 Å². The number of β-lactam (4-membered cyclic amide) rings is 1. The molecular formula is C31H25N3O6S2. The first-order chi connectivity index (χ1) is 20.4. The van der Waals surface area contributed by atoms with Crippen molar-refractivity contribution < 1.29 is 29.3 Å². The molecule has 3 N–H and O–H groups in total. The lowest BCUT2D eigenvalue weighted by Crippen LogP contribution is -2.70. The largest absolute Gasteiger partial charge is 0.507 e. The van der Waals surface area contributed by atoms with E-state index in [-0.39, 0.29) is 29.2 Å². The molecule has 0 radical (unpaired) electrons. The molecule has 3 aromatic carbocycles. The molecule has 1 aromatic heterocycles. The van der Waals surface area contributed by atoms with Crippen LogP contribution < -0.4 is 5.32 Å². The van der Waals surface area contributed by atoms with E-state index in [1.807, 2.05) is 60.7 Å². The summed E-state index contributed by atoms with van der Waals surface area (Å²) in [6.45, 7) is 0. The van der Waals surface area contributed by atoms with Crippen LogP contribution in [0.3, 0.4) is 0 Å². The molecule has 2 atom stereocenters. The Labute approximate surface area is 249 Å². The van der Waals surface area contributed by atoms with Crippen LogP contribution >= 0.6 is 23.1 Å². The van der Waals surface area contributed by atoms with Gasteiger partial charge < -0.3 is 20.3 Å². The highest BCUT2D eigenvalue weighted by atomic mass is 32.2. The van der Waals surface area contributed by atoms with Crippen LogP contribution in [0, 0.1) is 0 Å². The number of carbonyl (C=O) groups is 3. The Bertz CT molecular complexity index is 1610. The predicted molar refractivity (Wildman–Crippen MR) is 159 cm³/mol. The van der Waals surface area contributed by atoms with Gasteiger partial charge in [0.2, 0.25) is 5.91 Å². The van der Waals surface area contributed by atoms with E-state index in [4.69, 9.17) is 4.74 Å². The van der Waals surface area contributed by atoms with Crippen molar-refractivity contribution in [3.63, 3.8) is 0 Å². The number of esters is 1. The number of nitrogens with zero attached hydrogens (tertiary/aromatic N) is 2. The van der Waals surface area contributed by atoms with Crippen LogP contribution in [0.1, 0.15) is 22.9 Å². The first-order valence-corrected chi connectivity index (χ1v) is 15.0. The quantitative estimate of drug-likeness (QED) is 0.201. The number of thioether (sulfide) groups is 1. The first kappa shape index (κ1) is 27.6. The smallest absolute Gasteiger partial charge is 0.355 e. The zero-order valence-corrected chi connectivity index (χ0v) is 23.7. The molecule has 0 aliphatic carbocycles. The number of amides is 2. The summed E-state index contributed by atoms with van der Waals surface area (Å²) in [6, 6.07) is 22.4. The van der Waals surface area contributed by atoms with Crippen molar-refractivity contribution in [3.8, 4) is 22.1 Å². The molecule has 0 saturated carbocycles. The average molecular weight is 600 g/mol. The SMILES string of the molecule is O=C(Cc1csc(-c2c(O)cccc2O)n1)NC1C(=O)N2C(C(=O)OC(c3ccccc3)c3ccccc3)=CCSC12. The molecule has 212 valence electrons. The van der Waals surface area contributed by atoms with Gasteiger partial charge in [0, 0.05) is 11.1 Å². The lowest BCUT2D eigenvalue weighted by Gasteiger charge is -2.48. The molecule has 42 heavy (non-hydrogen) atoms. The van der Waals surface area contributed by atoms with Gasteiger partial charge >= 0.3 is 5.97 Å². The van der Waals surface area contributed by atoms with E-state index in [0.717, 1.165) is 11.1 Å². The number of ether oxygens (including phenoxy) is 1. The summed E-state index contributed by atoms with van der Waals surface area (Å²) in [5.41, 5.74) is 2.42. The van der Waals surface area contributed by atoms with E-state index in [1.54, 1.807) is 11.5 Å². The number of fused-ring (bicyclic) bond motifs is 1. The van der Waals surface area contributed by atoms with Gasteiger partial charge in [-0.05, 0) is 29.3 Å². The molecule has 0 bridgehead atoms. The van der Waals surface area contributed by atoms with Gasteiger partial charge in [-0.2, -0.15) is 0 Å². The van der Waals surface area contributed by atoms with E-state index >= 15 is 0 Å². The number of thiazole rings is 1. The fraction of sp³-hybridized carbons (Fsp3) is 0.161. The van der Waals surface area contributed by atoms with Crippen molar-refractivity contribution in [1.29, 1.82) is 0 Å². The predicted octanol–water partition coefficient (Wildman–Crippen LogP) is 4.38. The number of rotatable bonds is 8. The number of carbonyl (C=O) groups excluding carboxylic acids is 3. The normalized spacial score (nSPS) is 17.7. The maximum atomic E-state index is 13.4. The van der Waals surface area contributed by atoms with Crippen LogP contribution in [-0.4, -0.2) is 55.0 Å². The molecule has 2 amide bonds. The van der Waals surface area contributed by atoms with Crippen LogP contribution in [-0.2, 0) is 25.5 Å². The summed E-state index contributed by atoms with van der Waals surface area (Å²) in [5.74, 6) is -1.16. The molecule has 2 aliphatic rings. The summed E-state index contributed by atoms with van der Waals surface area (Å²) in [7, 11) is 0. The summed E-state index contributed by atoms with van der Waals surface area (Å²) >= 11 is 2.63. The molecule has 6 rings (SSSR count). The molecule has 1 saturated heterocycles. The molecule has 3 heterocycles. The molecule has 9 nitrogen and oxygen atoms in total. The van der Waals surface area contributed by atoms with E-state index in [9.17, 15) is 24.6 Å². The second-order valence-corrected chi connectivity index (χ2v) is 11.7. The van der Waals surface area contributed by atoms with Gasteiger partial charge in [0.25, 0.3) is 5.91 Å². The Morgan fingerprint density at radius 1 is 0.976 bits per heavy atom. The number of phenolic OH excluding ortho intramolecular Hbond substituents is 2. The lowest BCUT2D eigenvalue weighted by atomic mass is 10.0. The maximum Gasteiger partial charge on any atom is 0.355 e. The van der Waals surface area contributed by atoms with Gasteiger partial charge in [-0.25, -0.2) is 9.78 Å². The van der Waals surface area contributed by atoms with Crippen LogP contribution in [0.4, 0.5) is 0 Å². The summed E-state index contributed by atoms with van der Waals surface area (Å²) < 4.78 is 5.97. The van der Waals surface area contributed by atoms with Gasteiger partial charge in [0.15, 0.2) is 6.10 Å². The van der Waals surface area contributed by atoms with Gasteiger partial charge in [0.05, 0.1) is 17.7 Å². The minimum atomic E-state index is -0.793. The second-order valence-electron chi connectivity index (χ2n) is 9.67. The molecule has 1 fully saturated rings. The maximum absolute atomic E-state index is 13.4. The minimum Gasteiger partial charge on any atom is -0.507 e. The Balaban J connectivity index is 1.11. The highest BCUT2D eigenvalue weighted by Gasteiger charge is 2.53. The van der Waals surface area contributed by atoms with Crippen molar-refractivity contribution in [2.24, 2.45) is 0 Å². The number of benzene rings is 3. The van der Waals surface area contributed by atoms with Gasteiger partial charge in [-0.3, -0.25) is 14.5 Å². The van der Waals surface area contributed by atoms with Gasteiger partial charge in [-0.1, -0.05) is 66.7 Å². The van der Waals surface area contributed by atoms with Crippen LogP contribution in [0.25, 0.3) is 10.6 Å². The molecule has 4 aromatic rings. The number of aromatic nitrogens is 1. The Kier molecular flexibility index (Phi) is 7.68. The molecule has 0 spiro atoms. The number of phenols is 2. The standard InChI is InChI=1S/C31H25N3O6S2/c35-22-12-7-13-23(36)25(22)28-32-20(17-42-28)16-24(37)33-26-29(38)34-21(14-15-41-30(26)34)31(39)40-27(18-8-3-1-4-9-18)19-10-5-2-6-11-19/h1-14,17,26-27,30,35-36H,15-16H2,(H,33,37). The van der Waals surface area contributed by atoms with E-state index < -0.39 is 35.3 Å². The molecule has 2 aliphatic heterocycles. The molecule has 2 unspecified atom stereocenters. The average Bonchev–Trinajstić information content (AvgIpc) is 3.46. The topological polar surface area (TPSA) is 129 Å². The number of aromatic hydroxyl groups is 2. The molecular weight excluding hydrogens is 574 g/mol. The van der Waals surface area contributed by atoms with Crippen molar-refractivity contribution in [3.05, 3.63) is 113 Å². The van der Waals surface area contributed by atoms with Crippen molar-refractivity contribution in [1.82, 2.24) is 15.2 Å². The third kappa shape index (κ3) is 5.36. The summed E-state index contributed by atoms with van der Waals surface area (Å²) in [6.07, 6.45) is 0.938. The van der Waals surface area contributed by atoms with Gasteiger partial charge in [-0.15, -0.1) is 23.1 Å².